The van der Waals surface area contributed by atoms with Crippen LogP contribution in [0.25, 0.3) is 6.08 Å². The molecule has 0 bridgehead atoms. The summed E-state index contributed by atoms with van der Waals surface area (Å²) in [6.45, 7) is 16.5. The molecule has 0 saturated heterocycles. The highest BCUT2D eigenvalue weighted by atomic mass is 16.5. The van der Waals surface area contributed by atoms with Crippen LogP contribution in [-0.4, -0.2) is 23.2 Å². The Morgan fingerprint density at radius 3 is 2.31 bits per heavy atom. The van der Waals surface area contributed by atoms with Gasteiger partial charge in [-0.25, -0.2) is 0 Å². The summed E-state index contributed by atoms with van der Waals surface area (Å²) in [6.07, 6.45) is 8.06. The Hall–Kier alpha value is -2.68. The Bertz CT molecular complexity index is 773. The first kappa shape index (κ1) is 19.6. The molecule has 2 rings (SSSR count). The molecule has 0 aromatic heterocycles. The zero-order valence-electron chi connectivity index (χ0n) is 16.4. The van der Waals surface area contributed by atoms with Crippen LogP contribution in [0, 0.1) is 5.41 Å². The predicted octanol–water partition coefficient (Wildman–Crippen LogP) is 5.85. The summed E-state index contributed by atoms with van der Waals surface area (Å²) in [5.74, 6) is 0.875. The summed E-state index contributed by atoms with van der Waals surface area (Å²) in [7, 11) is 1.66. The number of hydrogen-bond donors (Lipinski definition) is 1. The van der Waals surface area contributed by atoms with Crippen molar-refractivity contribution in [2.24, 2.45) is 5.41 Å². The number of hydrogen-bond acceptors (Lipinski definition) is 3. The largest absolute Gasteiger partial charge is 0.508 e. The van der Waals surface area contributed by atoms with E-state index < -0.39 is 0 Å². The van der Waals surface area contributed by atoms with Gasteiger partial charge in [0.15, 0.2) is 0 Å². The average Bonchev–Trinajstić information content (AvgIpc) is 2.58. The fourth-order valence-corrected chi connectivity index (χ4v) is 2.67. The van der Waals surface area contributed by atoms with Gasteiger partial charge in [-0.3, -0.25) is 0 Å². The molecule has 1 aromatic carbocycles. The minimum Gasteiger partial charge on any atom is -0.508 e. The molecule has 0 amide bonds. The Morgan fingerprint density at radius 1 is 1.19 bits per heavy atom. The zero-order chi connectivity index (χ0) is 19.5. The maximum Gasteiger partial charge on any atom is 0.118 e. The lowest BCUT2D eigenvalue weighted by molar-refractivity contribution is 0.196. The predicted molar refractivity (Wildman–Crippen MR) is 110 cm³/mol. The number of aliphatic hydroxyl groups excluding tert-OH is 1. The lowest BCUT2D eigenvalue weighted by Crippen LogP contribution is -2.39. The minimum absolute atomic E-state index is 0.0375. The molecule has 1 N–H and O–H groups in total. The Labute approximate surface area is 157 Å². The molecule has 0 aliphatic carbocycles. The van der Waals surface area contributed by atoms with Crippen LogP contribution >= 0.6 is 0 Å². The van der Waals surface area contributed by atoms with E-state index in [4.69, 9.17) is 4.74 Å². The molecule has 0 spiro atoms. The molecule has 26 heavy (non-hydrogen) atoms. The first-order chi connectivity index (χ1) is 12.1. The van der Waals surface area contributed by atoms with Gasteiger partial charge in [0.05, 0.1) is 7.11 Å². The van der Waals surface area contributed by atoms with E-state index in [-0.39, 0.29) is 17.2 Å². The van der Waals surface area contributed by atoms with Crippen LogP contribution in [-0.2, 0) is 0 Å². The van der Waals surface area contributed by atoms with Crippen molar-refractivity contribution >= 4 is 6.08 Å². The molecule has 138 valence electrons. The second-order valence-electron chi connectivity index (χ2n) is 7.64. The summed E-state index contributed by atoms with van der Waals surface area (Å²) >= 11 is 0. The number of aliphatic hydroxyl groups is 1. The van der Waals surface area contributed by atoms with Crippen LogP contribution in [0.1, 0.15) is 33.3 Å². The van der Waals surface area contributed by atoms with E-state index >= 15 is 0 Å². The van der Waals surface area contributed by atoms with E-state index in [2.05, 4.69) is 57.9 Å². The van der Waals surface area contributed by atoms with Crippen LogP contribution in [0.3, 0.4) is 0 Å². The van der Waals surface area contributed by atoms with Crippen LogP contribution in [0.4, 0.5) is 0 Å². The summed E-state index contributed by atoms with van der Waals surface area (Å²) in [5.41, 5.74) is 3.59. The third kappa shape index (κ3) is 4.48. The first-order valence-electron chi connectivity index (χ1n) is 8.75. The maximum absolute atomic E-state index is 9.88. The number of ether oxygens (including phenoxy) is 1. The van der Waals surface area contributed by atoms with Gasteiger partial charge >= 0.3 is 0 Å². The topological polar surface area (TPSA) is 32.7 Å². The lowest BCUT2D eigenvalue weighted by Gasteiger charge is -2.40. The molecule has 1 aliphatic heterocycles. The zero-order valence-corrected chi connectivity index (χ0v) is 16.4. The third-order valence-corrected chi connectivity index (χ3v) is 4.78. The van der Waals surface area contributed by atoms with Crippen molar-refractivity contribution in [2.45, 2.75) is 33.7 Å². The molecule has 1 unspecified atom stereocenters. The Morgan fingerprint density at radius 2 is 1.81 bits per heavy atom. The number of benzene rings is 1. The summed E-state index contributed by atoms with van der Waals surface area (Å²) < 4.78 is 5.20. The van der Waals surface area contributed by atoms with E-state index in [0.717, 1.165) is 22.6 Å². The average molecular weight is 351 g/mol. The van der Waals surface area contributed by atoms with Crippen LogP contribution in [0.2, 0.25) is 0 Å². The molecule has 0 saturated carbocycles. The number of rotatable bonds is 5. The van der Waals surface area contributed by atoms with Crippen LogP contribution in [0.15, 0.2) is 78.4 Å². The van der Waals surface area contributed by atoms with Gasteiger partial charge in [-0.05, 0) is 47.8 Å². The van der Waals surface area contributed by atoms with E-state index in [1.54, 1.807) is 7.11 Å². The Balaban J connectivity index is 2.36. The van der Waals surface area contributed by atoms with Gasteiger partial charge in [0.2, 0.25) is 0 Å². The molecule has 3 heteroatoms. The lowest BCUT2D eigenvalue weighted by atomic mass is 9.85. The molecular formula is C23H29NO2. The fourth-order valence-electron chi connectivity index (χ4n) is 2.67. The monoisotopic (exact) mass is 351 g/mol. The quantitative estimate of drug-likeness (QED) is 0.675. The van der Waals surface area contributed by atoms with Gasteiger partial charge in [-0.15, -0.1) is 0 Å². The van der Waals surface area contributed by atoms with Crippen LogP contribution < -0.4 is 4.74 Å². The van der Waals surface area contributed by atoms with Gasteiger partial charge in [0, 0.05) is 23.5 Å². The number of methoxy groups -OCH3 is 1. The summed E-state index contributed by atoms with van der Waals surface area (Å²) in [6, 6.07) is 8.13. The number of nitrogens with zero attached hydrogens (tertiary/aromatic N) is 1. The second-order valence-corrected chi connectivity index (χ2v) is 7.64. The van der Waals surface area contributed by atoms with Crippen molar-refractivity contribution in [1.29, 1.82) is 0 Å². The fraction of sp³-hybridized carbons (Fsp3) is 0.304. The Kier molecular flexibility index (Phi) is 5.81. The van der Waals surface area contributed by atoms with Gasteiger partial charge in [-0.2, -0.15) is 0 Å². The van der Waals surface area contributed by atoms with Crippen LogP contribution in [0.5, 0.6) is 5.75 Å². The van der Waals surface area contributed by atoms with Gasteiger partial charge < -0.3 is 14.7 Å². The van der Waals surface area contributed by atoms with Crippen molar-refractivity contribution < 1.29 is 9.84 Å². The molecule has 1 aliphatic rings. The first-order valence-corrected chi connectivity index (χ1v) is 8.75. The van der Waals surface area contributed by atoms with E-state index in [0.29, 0.717) is 5.57 Å². The summed E-state index contributed by atoms with van der Waals surface area (Å²) in [4.78, 5) is 2.17. The van der Waals surface area contributed by atoms with Crippen molar-refractivity contribution in [2.75, 3.05) is 7.11 Å². The van der Waals surface area contributed by atoms with Crippen molar-refractivity contribution in [1.82, 2.24) is 4.90 Å². The van der Waals surface area contributed by atoms with Crippen molar-refractivity contribution in [3.05, 3.63) is 83.9 Å². The molecule has 1 aromatic rings. The van der Waals surface area contributed by atoms with Crippen molar-refractivity contribution in [3.63, 3.8) is 0 Å². The molecule has 0 radical (unpaired) electrons. The standard InChI is InChI=1S/C23H29NO2/c1-16-14-20(11-8-19-9-12-21(26-7)13-10-19)24(15-22(16)17(2)25)18(3)23(4,5)6/h8-15,18,25H,1-2H2,3-7H3/b11-8+. The van der Waals surface area contributed by atoms with Gasteiger partial charge in [0.1, 0.15) is 11.5 Å². The van der Waals surface area contributed by atoms with E-state index in [1.165, 1.54) is 0 Å². The SMILES string of the molecule is C=C(O)C1=CN(C(C)C(C)(C)C)C(/C=C/c2ccc(OC)cc2)=CC1=C. The highest BCUT2D eigenvalue weighted by Crippen LogP contribution is 2.34. The summed E-state index contributed by atoms with van der Waals surface area (Å²) in [5, 5.41) is 9.88. The highest BCUT2D eigenvalue weighted by molar-refractivity contribution is 5.58. The molecular weight excluding hydrogens is 322 g/mol. The van der Waals surface area contributed by atoms with Gasteiger partial charge in [0.25, 0.3) is 0 Å². The van der Waals surface area contributed by atoms with Gasteiger partial charge in [-0.1, -0.05) is 52.1 Å². The van der Waals surface area contributed by atoms with E-state index in [1.807, 2.05) is 36.5 Å². The molecule has 3 nitrogen and oxygen atoms in total. The smallest absolute Gasteiger partial charge is 0.118 e. The number of allylic oxidation sites excluding steroid dienone is 3. The van der Waals surface area contributed by atoms with Crippen molar-refractivity contribution in [3.8, 4) is 5.75 Å². The molecule has 1 heterocycles. The minimum atomic E-state index is 0.0375. The molecule has 0 fully saturated rings. The van der Waals surface area contributed by atoms with E-state index in [9.17, 15) is 5.11 Å². The third-order valence-electron chi connectivity index (χ3n) is 4.78. The molecule has 1 atom stereocenters. The highest BCUT2D eigenvalue weighted by Gasteiger charge is 2.28. The normalized spacial score (nSPS) is 16.3. The maximum atomic E-state index is 9.88. The second kappa shape index (κ2) is 7.69.